The highest BCUT2D eigenvalue weighted by atomic mass is 35.5. The number of nitrogens with one attached hydrogen (secondary N) is 2. The summed E-state index contributed by atoms with van der Waals surface area (Å²) in [6.07, 6.45) is 4.85. The second-order valence-corrected chi connectivity index (χ2v) is 9.05. The number of hydrogen-bond acceptors (Lipinski definition) is 7. The van der Waals surface area contributed by atoms with Crippen molar-refractivity contribution in [2.75, 3.05) is 11.9 Å². The van der Waals surface area contributed by atoms with E-state index in [1.807, 2.05) is 43.7 Å². The third-order valence-corrected chi connectivity index (χ3v) is 5.06. The molecule has 3 N–H and O–H groups in total. The average molecular weight is 481 g/mol. The van der Waals surface area contributed by atoms with Crippen molar-refractivity contribution in [2.24, 2.45) is 0 Å². The van der Waals surface area contributed by atoms with Gasteiger partial charge in [-0.1, -0.05) is 11.6 Å². The molecule has 10 heteroatoms. The lowest BCUT2D eigenvalue weighted by atomic mass is 10.1. The Morgan fingerprint density at radius 3 is 2.71 bits per heavy atom. The van der Waals surface area contributed by atoms with Crippen LogP contribution in [0.5, 0.6) is 11.5 Å². The number of aliphatic hydroxyl groups is 1. The van der Waals surface area contributed by atoms with Gasteiger partial charge >= 0.3 is 0 Å². The fourth-order valence-electron chi connectivity index (χ4n) is 3.35. The Hall–Kier alpha value is -3.69. The number of aromatic nitrogens is 4. The van der Waals surface area contributed by atoms with Crippen LogP contribution in [0.15, 0.2) is 55.1 Å². The molecule has 0 aliphatic carbocycles. The highest BCUT2D eigenvalue weighted by molar-refractivity contribution is 6.32. The van der Waals surface area contributed by atoms with Crippen LogP contribution in [-0.2, 0) is 6.54 Å². The third kappa shape index (κ3) is 5.44. The summed E-state index contributed by atoms with van der Waals surface area (Å²) < 4.78 is 7.79. The topological polar surface area (TPSA) is 114 Å². The second-order valence-electron chi connectivity index (χ2n) is 8.64. The number of pyridine rings is 1. The van der Waals surface area contributed by atoms with Crippen LogP contribution in [0.25, 0.3) is 11.0 Å². The molecule has 0 aliphatic rings. The summed E-state index contributed by atoms with van der Waals surface area (Å²) in [6, 6.07) is 10.3. The molecule has 4 rings (SSSR count). The Labute approximate surface area is 201 Å². The molecule has 0 radical (unpaired) electrons. The van der Waals surface area contributed by atoms with Gasteiger partial charge in [0.2, 0.25) is 0 Å². The van der Waals surface area contributed by atoms with Crippen LogP contribution in [0, 0.1) is 0 Å². The molecule has 1 aromatic carbocycles. The predicted octanol–water partition coefficient (Wildman–Crippen LogP) is 4.54. The van der Waals surface area contributed by atoms with E-state index in [-0.39, 0.29) is 23.7 Å². The molecule has 1 amide bonds. The van der Waals surface area contributed by atoms with Crippen molar-refractivity contribution in [1.82, 2.24) is 24.8 Å². The summed E-state index contributed by atoms with van der Waals surface area (Å²) in [4.78, 5) is 25.1. The third-order valence-electron chi connectivity index (χ3n) is 4.77. The second kappa shape index (κ2) is 9.66. The van der Waals surface area contributed by atoms with E-state index in [1.54, 1.807) is 24.3 Å². The Morgan fingerprint density at radius 2 is 1.97 bits per heavy atom. The van der Waals surface area contributed by atoms with Crippen LogP contribution in [0.4, 0.5) is 11.5 Å². The Bertz CT molecular complexity index is 1330. The molecule has 4 aromatic rings. The van der Waals surface area contributed by atoms with Crippen molar-refractivity contribution in [1.29, 1.82) is 0 Å². The molecule has 0 fully saturated rings. The van der Waals surface area contributed by atoms with Crippen LogP contribution >= 0.6 is 11.6 Å². The van der Waals surface area contributed by atoms with Crippen LogP contribution in [0.3, 0.4) is 0 Å². The lowest BCUT2D eigenvalue weighted by Gasteiger charge is -2.20. The number of halogens is 1. The maximum atomic E-state index is 12.4. The SMILES string of the molecule is CC(C)(C)NC(=O)c1cc(Oc2ccc(Nc3ncnc4ccn(CCO)c34)cc2Cl)ccn1. The monoisotopic (exact) mass is 480 g/mol. The van der Waals surface area contributed by atoms with E-state index in [0.29, 0.717) is 34.6 Å². The zero-order valence-corrected chi connectivity index (χ0v) is 19.8. The number of anilines is 2. The van der Waals surface area contributed by atoms with Gasteiger partial charge in [-0.05, 0) is 51.1 Å². The van der Waals surface area contributed by atoms with E-state index in [2.05, 4.69) is 25.6 Å². The smallest absolute Gasteiger partial charge is 0.270 e. The summed E-state index contributed by atoms with van der Waals surface area (Å²) in [5, 5.41) is 15.8. The number of ether oxygens (including phenoxy) is 1. The number of rotatable bonds is 7. The molecular weight excluding hydrogens is 456 g/mol. The fraction of sp³-hybridized carbons (Fsp3) is 0.250. The van der Waals surface area contributed by atoms with E-state index >= 15 is 0 Å². The fourth-order valence-corrected chi connectivity index (χ4v) is 3.57. The molecule has 34 heavy (non-hydrogen) atoms. The van der Waals surface area contributed by atoms with Crippen LogP contribution in [0.1, 0.15) is 31.3 Å². The first kappa shape index (κ1) is 23.5. The van der Waals surface area contributed by atoms with Crippen molar-refractivity contribution in [2.45, 2.75) is 32.9 Å². The minimum Gasteiger partial charge on any atom is -0.456 e. The summed E-state index contributed by atoms with van der Waals surface area (Å²) in [6.45, 7) is 6.14. The molecule has 3 aromatic heterocycles. The van der Waals surface area contributed by atoms with Gasteiger partial charge in [0.15, 0.2) is 5.82 Å². The van der Waals surface area contributed by atoms with E-state index in [9.17, 15) is 9.90 Å². The number of nitrogens with zero attached hydrogens (tertiary/aromatic N) is 4. The van der Waals surface area contributed by atoms with Crippen molar-refractivity contribution in [3.8, 4) is 11.5 Å². The minimum absolute atomic E-state index is 0.00453. The largest absolute Gasteiger partial charge is 0.456 e. The van der Waals surface area contributed by atoms with Crippen LogP contribution in [-0.4, -0.2) is 42.7 Å². The standard InChI is InChI=1S/C24H25ClN6O3/c1-24(2,3)30-23(33)19-13-16(6-8-26-19)34-20-5-4-15(12-17(20)25)29-22-21-18(27-14-28-22)7-9-31(21)10-11-32/h4-9,12-14,32H,10-11H2,1-3H3,(H,30,33)(H,27,28,29). The van der Waals surface area contributed by atoms with Gasteiger partial charge in [-0.15, -0.1) is 0 Å². The van der Waals surface area contributed by atoms with Crippen LogP contribution in [0.2, 0.25) is 5.02 Å². The number of benzene rings is 1. The normalized spacial score (nSPS) is 11.4. The maximum Gasteiger partial charge on any atom is 0.270 e. The van der Waals surface area contributed by atoms with Crippen LogP contribution < -0.4 is 15.4 Å². The zero-order chi connectivity index (χ0) is 24.3. The molecule has 176 valence electrons. The number of carbonyl (C=O) groups is 1. The van der Waals surface area contributed by atoms with E-state index in [0.717, 1.165) is 11.0 Å². The lowest BCUT2D eigenvalue weighted by molar-refractivity contribution is 0.0914. The maximum absolute atomic E-state index is 12.4. The van der Waals surface area contributed by atoms with Crippen molar-refractivity contribution < 1.29 is 14.6 Å². The minimum atomic E-state index is -0.378. The molecule has 9 nitrogen and oxygen atoms in total. The molecule has 0 atom stereocenters. The molecule has 0 saturated carbocycles. The highest BCUT2D eigenvalue weighted by Crippen LogP contribution is 2.33. The van der Waals surface area contributed by atoms with Gasteiger partial charge in [0, 0.05) is 36.2 Å². The van der Waals surface area contributed by atoms with Gasteiger partial charge in [0.05, 0.1) is 17.1 Å². The zero-order valence-electron chi connectivity index (χ0n) is 19.0. The van der Waals surface area contributed by atoms with E-state index in [1.165, 1.54) is 12.5 Å². The van der Waals surface area contributed by atoms with Gasteiger partial charge in [-0.2, -0.15) is 0 Å². The molecule has 0 aliphatic heterocycles. The van der Waals surface area contributed by atoms with Crippen molar-refractivity contribution >= 4 is 40.0 Å². The van der Waals surface area contributed by atoms with Crippen molar-refractivity contribution in [3.05, 3.63) is 65.8 Å². The number of fused-ring (bicyclic) bond motifs is 1. The molecule has 0 spiro atoms. The van der Waals surface area contributed by atoms with Gasteiger partial charge in [-0.25, -0.2) is 9.97 Å². The molecule has 0 saturated heterocycles. The first-order valence-corrected chi connectivity index (χ1v) is 11.0. The van der Waals surface area contributed by atoms with Gasteiger partial charge in [0.25, 0.3) is 5.91 Å². The summed E-state index contributed by atoms with van der Waals surface area (Å²) in [7, 11) is 0. The Kier molecular flexibility index (Phi) is 6.67. The quantitative estimate of drug-likeness (QED) is 0.356. The van der Waals surface area contributed by atoms with E-state index < -0.39 is 0 Å². The number of hydrogen-bond donors (Lipinski definition) is 3. The number of amides is 1. The highest BCUT2D eigenvalue weighted by Gasteiger charge is 2.17. The molecular formula is C24H25ClN6O3. The van der Waals surface area contributed by atoms with E-state index in [4.69, 9.17) is 16.3 Å². The summed E-state index contributed by atoms with van der Waals surface area (Å²) >= 11 is 6.48. The summed E-state index contributed by atoms with van der Waals surface area (Å²) in [5.41, 5.74) is 2.12. The number of carbonyl (C=O) groups excluding carboxylic acids is 1. The first-order chi connectivity index (χ1) is 16.2. The van der Waals surface area contributed by atoms with Gasteiger partial charge in [-0.3, -0.25) is 9.78 Å². The Balaban J connectivity index is 1.53. The van der Waals surface area contributed by atoms with Gasteiger partial charge in [0.1, 0.15) is 29.0 Å². The van der Waals surface area contributed by atoms with Crippen molar-refractivity contribution in [3.63, 3.8) is 0 Å². The Morgan fingerprint density at radius 1 is 1.15 bits per heavy atom. The molecule has 0 unspecified atom stereocenters. The molecule has 0 bridgehead atoms. The summed E-state index contributed by atoms with van der Waals surface area (Å²) in [5.74, 6) is 1.18. The molecule has 3 heterocycles. The van der Waals surface area contributed by atoms with Gasteiger partial charge < -0.3 is 25.0 Å². The number of aliphatic hydroxyl groups excluding tert-OH is 1. The lowest BCUT2D eigenvalue weighted by Crippen LogP contribution is -2.40. The predicted molar refractivity (Wildman–Crippen MR) is 131 cm³/mol. The average Bonchev–Trinajstić information content (AvgIpc) is 3.19. The first-order valence-electron chi connectivity index (χ1n) is 10.7.